The fraction of sp³-hybridized carbons (Fsp3) is 0.188. The summed E-state index contributed by atoms with van der Waals surface area (Å²) in [6.45, 7) is 0. The molecule has 0 saturated carbocycles. The standard InChI is InChI=1S/C16H13ClN2S3/c17-6-3-7-20-16-19-12-8-11-14(9-15(12)22-16)21-13-5-2-1-4-10(13)18-11/h1-2,4-5,8-9,18H,3,6-7H2. The van der Waals surface area contributed by atoms with Gasteiger partial charge in [0.2, 0.25) is 0 Å². The van der Waals surface area contributed by atoms with Gasteiger partial charge in [-0.1, -0.05) is 35.7 Å². The number of fused-ring (bicyclic) bond motifs is 3. The van der Waals surface area contributed by atoms with Crippen LogP contribution in [0.1, 0.15) is 6.42 Å². The number of thiazole rings is 1. The van der Waals surface area contributed by atoms with Gasteiger partial charge in [0, 0.05) is 21.4 Å². The number of benzene rings is 2. The zero-order valence-electron chi connectivity index (χ0n) is 11.6. The number of hydrogen-bond acceptors (Lipinski definition) is 5. The molecule has 0 unspecified atom stereocenters. The average Bonchev–Trinajstić information content (AvgIpc) is 2.92. The predicted octanol–water partition coefficient (Wildman–Crippen LogP) is 6.23. The number of nitrogens with zero attached hydrogens (tertiary/aromatic N) is 1. The summed E-state index contributed by atoms with van der Waals surface area (Å²) in [5, 5.41) is 3.51. The maximum absolute atomic E-state index is 5.74. The largest absolute Gasteiger partial charge is 0.354 e. The van der Waals surface area contributed by atoms with Gasteiger partial charge in [0.1, 0.15) is 0 Å². The second kappa shape index (κ2) is 6.32. The SMILES string of the molecule is ClCCCSc1nc2cc3c(cc2s1)Sc1ccccc1N3. The summed E-state index contributed by atoms with van der Waals surface area (Å²) in [7, 11) is 0. The van der Waals surface area contributed by atoms with E-state index in [0.29, 0.717) is 5.88 Å². The zero-order chi connectivity index (χ0) is 14.9. The molecule has 0 fully saturated rings. The monoisotopic (exact) mass is 364 g/mol. The lowest BCUT2D eigenvalue weighted by atomic mass is 10.2. The van der Waals surface area contributed by atoms with Gasteiger partial charge in [-0.2, -0.15) is 0 Å². The summed E-state index contributed by atoms with van der Waals surface area (Å²) in [4.78, 5) is 7.28. The molecular weight excluding hydrogens is 352 g/mol. The fourth-order valence-corrected chi connectivity index (χ4v) is 5.79. The van der Waals surface area contributed by atoms with Crippen LogP contribution in [0.3, 0.4) is 0 Å². The molecule has 6 heteroatoms. The minimum absolute atomic E-state index is 0.713. The molecule has 1 aliphatic heterocycles. The Morgan fingerprint density at radius 2 is 2.05 bits per heavy atom. The molecule has 1 N–H and O–H groups in total. The summed E-state index contributed by atoms with van der Waals surface area (Å²) < 4.78 is 2.38. The van der Waals surface area contributed by atoms with Crippen molar-refractivity contribution in [3.05, 3.63) is 36.4 Å². The van der Waals surface area contributed by atoms with E-state index in [1.165, 1.54) is 20.2 Å². The molecule has 1 aromatic heterocycles. The molecule has 0 amide bonds. The summed E-state index contributed by atoms with van der Waals surface area (Å²) >= 11 is 11.1. The van der Waals surface area contributed by atoms with Crippen molar-refractivity contribution in [2.75, 3.05) is 16.9 Å². The number of nitrogens with one attached hydrogen (secondary N) is 1. The molecule has 0 atom stereocenters. The highest BCUT2D eigenvalue weighted by Crippen LogP contribution is 2.46. The Kier molecular flexibility index (Phi) is 4.22. The first kappa shape index (κ1) is 14.7. The van der Waals surface area contributed by atoms with E-state index in [0.717, 1.165) is 27.7 Å². The van der Waals surface area contributed by atoms with Gasteiger partial charge >= 0.3 is 0 Å². The van der Waals surface area contributed by atoms with E-state index < -0.39 is 0 Å². The maximum Gasteiger partial charge on any atom is 0.151 e. The fourth-order valence-electron chi connectivity index (χ4n) is 2.31. The van der Waals surface area contributed by atoms with Gasteiger partial charge in [-0.25, -0.2) is 4.98 Å². The van der Waals surface area contributed by atoms with Crippen LogP contribution in [0.15, 0.2) is 50.5 Å². The quantitative estimate of drug-likeness (QED) is 0.264. The van der Waals surface area contributed by atoms with Crippen LogP contribution in [-0.4, -0.2) is 16.6 Å². The molecule has 4 rings (SSSR count). The molecule has 0 radical (unpaired) electrons. The summed E-state index contributed by atoms with van der Waals surface area (Å²) in [5.41, 5.74) is 3.40. The molecule has 112 valence electrons. The number of aromatic nitrogens is 1. The van der Waals surface area contributed by atoms with E-state index in [2.05, 4.69) is 41.7 Å². The minimum Gasteiger partial charge on any atom is -0.354 e. The van der Waals surface area contributed by atoms with Crippen molar-refractivity contribution in [1.29, 1.82) is 0 Å². The number of rotatable bonds is 4. The highest BCUT2D eigenvalue weighted by Gasteiger charge is 2.17. The number of halogens is 1. The number of hydrogen-bond donors (Lipinski definition) is 1. The van der Waals surface area contributed by atoms with Crippen molar-refractivity contribution in [1.82, 2.24) is 4.98 Å². The molecule has 2 heterocycles. The zero-order valence-corrected chi connectivity index (χ0v) is 14.8. The average molecular weight is 365 g/mol. The number of para-hydroxylation sites is 1. The van der Waals surface area contributed by atoms with Gasteiger partial charge in [-0.05, 0) is 30.7 Å². The smallest absolute Gasteiger partial charge is 0.151 e. The predicted molar refractivity (Wildman–Crippen MR) is 99.5 cm³/mol. The highest BCUT2D eigenvalue weighted by molar-refractivity contribution is 8.01. The topological polar surface area (TPSA) is 24.9 Å². The van der Waals surface area contributed by atoms with Crippen LogP contribution in [-0.2, 0) is 0 Å². The van der Waals surface area contributed by atoms with E-state index in [1.54, 1.807) is 23.1 Å². The molecule has 2 aromatic carbocycles. The van der Waals surface area contributed by atoms with Gasteiger partial charge in [0.25, 0.3) is 0 Å². The third kappa shape index (κ3) is 2.83. The summed E-state index contributed by atoms with van der Waals surface area (Å²) in [5.74, 6) is 1.74. The Balaban J connectivity index is 1.66. The summed E-state index contributed by atoms with van der Waals surface area (Å²) in [6, 6.07) is 12.8. The lowest BCUT2D eigenvalue weighted by molar-refractivity contribution is 1.11. The van der Waals surface area contributed by atoms with E-state index in [1.807, 2.05) is 11.8 Å². The Labute approximate surface area is 146 Å². The molecule has 3 aromatic rings. The third-order valence-corrected chi connectivity index (χ3v) is 7.00. The first-order valence-electron chi connectivity index (χ1n) is 7.01. The Morgan fingerprint density at radius 1 is 1.14 bits per heavy atom. The number of thioether (sulfide) groups is 1. The van der Waals surface area contributed by atoms with Crippen LogP contribution in [0.2, 0.25) is 0 Å². The van der Waals surface area contributed by atoms with Crippen molar-refractivity contribution in [3.63, 3.8) is 0 Å². The molecule has 0 aliphatic carbocycles. The highest BCUT2D eigenvalue weighted by atomic mass is 35.5. The second-order valence-electron chi connectivity index (χ2n) is 4.91. The van der Waals surface area contributed by atoms with Crippen LogP contribution < -0.4 is 5.32 Å². The van der Waals surface area contributed by atoms with Gasteiger partial charge in [0.15, 0.2) is 4.34 Å². The number of anilines is 2. The maximum atomic E-state index is 5.74. The Bertz CT molecular complexity index is 769. The van der Waals surface area contributed by atoms with Gasteiger partial charge in [0.05, 0.1) is 21.6 Å². The van der Waals surface area contributed by atoms with Crippen LogP contribution >= 0.6 is 46.5 Å². The Hall–Kier alpha value is -0.880. The van der Waals surface area contributed by atoms with Crippen molar-refractivity contribution >= 4 is 68.1 Å². The second-order valence-corrected chi connectivity index (χ2v) is 8.74. The molecule has 2 nitrogen and oxygen atoms in total. The van der Waals surface area contributed by atoms with Crippen molar-refractivity contribution in [2.24, 2.45) is 0 Å². The normalized spacial score (nSPS) is 12.8. The van der Waals surface area contributed by atoms with Crippen LogP contribution in [0.25, 0.3) is 10.2 Å². The van der Waals surface area contributed by atoms with Crippen LogP contribution in [0, 0.1) is 0 Å². The van der Waals surface area contributed by atoms with Gasteiger partial charge < -0.3 is 5.32 Å². The summed E-state index contributed by atoms with van der Waals surface area (Å²) in [6.07, 6.45) is 1.02. The lowest BCUT2D eigenvalue weighted by Crippen LogP contribution is -1.99. The van der Waals surface area contributed by atoms with E-state index >= 15 is 0 Å². The minimum atomic E-state index is 0.713. The van der Waals surface area contributed by atoms with Crippen LogP contribution in [0.4, 0.5) is 11.4 Å². The molecule has 22 heavy (non-hydrogen) atoms. The first-order chi connectivity index (χ1) is 10.8. The van der Waals surface area contributed by atoms with E-state index in [4.69, 9.17) is 16.6 Å². The molecule has 0 spiro atoms. The van der Waals surface area contributed by atoms with E-state index in [9.17, 15) is 0 Å². The van der Waals surface area contributed by atoms with E-state index in [-0.39, 0.29) is 0 Å². The van der Waals surface area contributed by atoms with Crippen molar-refractivity contribution in [2.45, 2.75) is 20.6 Å². The molecule has 0 bridgehead atoms. The lowest BCUT2D eigenvalue weighted by Gasteiger charge is -2.20. The first-order valence-corrected chi connectivity index (χ1v) is 10.2. The molecule has 1 aliphatic rings. The number of alkyl halides is 1. The van der Waals surface area contributed by atoms with Gasteiger partial charge in [-0.15, -0.1) is 22.9 Å². The van der Waals surface area contributed by atoms with Crippen molar-refractivity contribution < 1.29 is 0 Å². The Morgan fingerprint density at radius 3 is 2.95 bits per heavy atom. The van der Waals surface area contributed by atoms with Gasteiger partial charge in [-0.3, -0.25) is 0 Å². The van der Waals surface area contributed by atoms with Crippen molar-refractivity contribution in [3.8, 4) is 0 Å². The molecule has 0 saturated heterocycles. The van der Waals surface area contributed by atoms with Crippen LogP contribution in [0.5, 0.6) is 0 Å². The molecular formula is C16H13ClN2S3. The third-order valence-electron chi connectivity index (χ3n) is 3.35.